The fraction of sp³-hybridized carbons (Fsp3) is 0.294. The van der Waals surface area contributed by atoms with Gasteiger partial charge in [-0.25, -0.2) is 4.39 Å². The van der Waals surface area contributed by atoms with E-state index >= 15 is 0 Å². The van der Waals surface area contributed by atoms with Crippen LogP contribution in [0.15, 0.2) is 54.6 Å². The van der Waals surface area contributed by atoms with E-state index in [1.165, 1.54) is 6.07 Å². The maximum absolute atomic E-state index is 13.9. The number of nitrogens with one attached hydrogen (secondary N) is 1. The zero-order valence-electron chi connectivity index (χ0n) is 11.7. The molecule has 21 heavy (non-hydrogen) atoms. The third kappa shape index (κ3) is 3.40. The molecule has 0 saturated carbocycles. The summed E-state index contributed by atoms with van der Waals surface area (Å²) in [5, 5.41) is 3.29. The Morgan fingerprint density at radius 2 is 1.86 bits per heavy atom. The van der Waals surface area contributed by atoms with Crippen molar-refractivity contribution in [1.29, 1.82) is 0 Å². The molecule has 110 valence electrons. The summed E-state index contributed by atoms with van der Waals surface area (Å²) in [6.45, 7) is 2.15. The minimum absolute atomic E-state index is 0.138. The molecule has 1 N–H and O–H groups in total. The van der Waals surface area contributed by atoms with E-state index in [1.54, 1.807) is 18.2 Å². The molecule has 1 heterocycles. The molecular formula is C17H18FNO2. The van der Waals surface area contributed by atoms with Gasteiger partial charge in [-0.15, -0.1) is 0 Å². The average molecular weight is 287 g/mol. The molecule has 0 amide bonds. The number of hydrogen-bond acceptors (Lipinski definition) is 3. The molecule has 3 rings (SSSR count). The van der Waals surface area contributed by atoms with Crippen molar-refractivity contribution in [2.75, 3.05) is 19.7 Å². The van der Waals surface area contributed by atoms with Crippen LogP contribution in [0.5, 0.6) is 5.75 Å². The van der Waals surface area contributed by atoms with Crippen molar-refractivity contribution in [2.24, 2.45) is 0 Å². The van der Waals surface area contributed by atoms with Crippen LogP contribution in [0, 0.1) is 5.82 Å². The third-order valence-corrected chi connectivity index (χ3v) is 3.51. The first-order valence-electron chi connectivity index (χ1n) is 7.13. The van der Waals surface area contributed by atoms with Gasteiger partial charge in [-0.2, -0.15) is 0 Å². The van der Waals surface area contributed by atoms with Crippen molar-refractivity contribution in [2.45, 2.75) is 12.2 Å². The van der Waals surface area contributed by atoms with Gasteiger partial charge >= 0.3 is 0 Å². The van der Waals surface area contributed by atoms with E-state index in [1.807, 2.05) is 30.3 Å². The normalized spacial score (nSPS) is 20.0. The lowest BCUT2D eigenvalue weighted by Gasteiger charge is -2.31. The van der Waals surface area contributed by atoms with Crippen molar-refractivity contribution >= 4 is 0 Å². The largest absolute Gasteiger partial charge is 0.480 e. The molecule has 2 atom stereocenters. The first-order valence-corrected chi connectivity index (χ1v) is 7.13. The second kappa shape index (κ2) is 6.70. The van der Waals surface area contributed by atoms with Gasteiger partial charge in [-0.05, 0) is 17.7 Å². The molecule has 3 nitrogen and oxygen atoms in total. The van der Waals surface area contributed by atoms with E-state index in [-0.39, 0.29) is 23.8 Å². The molecule has 2 aromatic carbocycles. The number of morpholine rings is 1. The van der Waals surface area contributed by atoms with Crippen LogP contribution < -0.4 is 10.1 Å². The van der Waals surface area contributed by atoms with E-state index in [9.17, 15) is 4.39 Å². The lowest BCUT2D eigenvalue weighted by molar-refractivity contribution is -0.0442. The number of rotatable bonds is 4. The lowest BCUT2D eigenvalue weighted by Crippen LogP contribution is -2.43. The molecular weight excluding hydrogens is 269 g/mol. The van der Waals surface area contributed by atoms with E-state index in [0.29, 0.717) is 13.2 Å². The van der Waals surface area contributed by atoms with Gasteiger partial charge in [0.1, 0.15) is 6.10 Å². The number of benzene rings is 2. The molecule has 0 radical (unpaired) electrons. The topological polar surface area (TPSA) is 30.5 Å². The number of para-hydroxylation sites is 1. The predicted molar refractivity (Wildman–Crippen MR) is 78.8 cm³/mol. The van der Waals surface area contributed by atoms with Crippen LogP contribution in [0.4, 0.5) is 4.39 Å². The Hall–Kier alpha value is -1.91. The van der Waals surface area contributed by atoms with E-state index < -0.39 is 0 Å². The first kappa shape index (κ1) is 14.0. The Morgan fingerprint density at radius 1 is 1.10 bits per heavy atom. The smallest absolute Gasteiger partial charge is 0.165 e. The third-order valence-electron chi connectivity index (χ3n) is 3.51. The van der Waals surface area contributed by atoms with Crippen molar-refractivity contribution < 1.29 is 13.9 Å². The highest BCUT2D eigenvalue weighted by atomic mass is 19.1. The lowest BCUT2D eigenvalue weighted by atomic mass is 10.0. The minimum Gasteiger partial charge on any atom is -0.480 e. The number of halogens is 1. The van der Waals surface area contributed by atoms with Crippen LogP contribution in [0.3, 0.4) is 0 Å². The molecule has 1 aliphatic heterocycles. The Morgan fingerprint density at radius 3 is 2.57 bits per heavy atom. The summed E-state index contributed by atoms with van der Waals surface area (Å²) in [6.07, 6.45) is -0.475. The molecule has 0 unspecified atom stereocenters. The molecule has 0 bridgehead atoms. The molecule has 2 aromatic rings. The quantitative estimate of drug-likeness (QED) is 0.938. The van der Waals surface area contributed by atoms with Gasteiger partial charge < -0.3 is 14.8 Å². The van der Waals surface area contributed by atoms with Crippen molar-refractivity contribution in [3.63, 3.8) is 0 Å². The fourth-order valence-corrected chi connectivity index (χ4v) is 2.46. The molecule has 0 spiro atoms. The van der Waals surface area contributed by atoms with Gasteiger partial charge in [-0.3, -0.25) is 0 Å². The summed E-state index contributed by atoms with van der Waals surface area (Å²) in [6, 6.07) is 16.3. The number of ether oxygens (including phenoxy) is 2. The summed E-state index contributed by atoms with van der Waals surface area (Å²) >= 11 is 0. The highest BCUT2D eigenvalue weighted by Crippen LogP contribution is 2.28. The van der Waals surface area contributed by atoms with Crippen LogP contribution in [-0.2, 0) is 4.74 Å². The highest BCUT2D eigenvalue weighted by molar-refractivity contribution is 5.27. The van der Waals surface area contributed by atoms with Crippen LogP contribution in [0.25, 0.3) is 0 Å². The summed E-state index contributed by atoms with van der Waals surface area (Å²) < 4.78 is 25.6. The molecule has 1 fully saturated rings. The molecule has 1 saturated heterocycles. The second-order valence-corrected chi connectivity index (χ2v) is 4.99. The maximum atomic E-state index is 13.9. The molecule has 4 heteroatoms. The molecule has 1 aliphatic rings. The van der Waals surface area contributed by atoms with Gasteiger partial charge in [0.15, 0.2) is 17.7 Å². The predicted octanol–water partition coefficient (Wildman–Crippen LogP) is 2.93. The summed E-state index contributed by atoms with van der Waals surface area (Å²) in [5.74, 6) is -0.109. The van der Waals surface area contributed by atoms with E-state index in [0.717, 1.165) is 12.1 Å². The van der Waals surface area contributed by atoms with Crippen molar-refractivity contribution in [1.82, 2.24) is 5.32 Å². The average Bonchev–Trinajstić information content (AvgIpc) is 2.56. The second-order valence-electron chi connectivity index (χ2n) is 4.99. The Labute approximate surface area is 123 Å². The van der Waals surface area contributed by atoms with Crippen LogP contribution in [-0.4, -0.2) is 25.8 Å². The van der Waals surface area contributed by atoms with Crippen molar-refractivity contribution in [3.05, 3.63) is 66.0 Å². The standard InChI is InChI=1S/C17H18FNO2/c18-14-8-4-5-9-15(14)21-17(13-6-2-1-3-7-13)16-12-19-10-11-20-16/h1-9,16-17,19H,10-12H2/t16-,17+/m1/s1. The summed E-state index contributed by atoms with van der Waals surface area (Å²) in [5.41, 5.74) is 0.981. The first-order chi connectivity index (χ1) is 10.3. The zero-order chi connectivity index (χ0) is 14.5. The van der Waals surface area contributed by atoms with Gasteiger partial charge in [0.25, 0.3) is 0 Å². The summed E-state index contributed by atoms with van der Waals surface area (Å²) in [4.78, 5) is 0. The Kier molecular flexibility index (Phi) is 4.48. The molecule has 0 aromatic heterocycles. The number of hydrogen-bond donors (Lipinski definition) is 1. The maximum Gasteiger partial charge on any atom is 0.165 e. The van der Waals surface area contributed by atoms with Crippen LogP contribution in [0.2, 0.25) is 0 Å². The fourth-order valence-electron chi connectivity index (χ4n) is 2.46. The van der Waals surface area contributed by atoms with Gasteiger partial charge in [0.05, 0.1) is 6.61 Å². The molecule has 0 aliphatic carbocycles. The Balaban J connectivity index is 1.87. The highest BCUT2D eigenvalue weighted by Gasteiger charge is 2.28. The van der Waals surface area contributed by atoms with Crippen LogP contribution in [0.1, 0.15) is 11.7 Å². The monoisotopic (exact) mass is 287 g/mol. The van der Waals surface area contributed by atoms with E-state index in [2.05, 4.69) is 5.32 Å². The van der Waals surface area contributed by atoms with Crippen molar-refractivity contribution in [3.8, 4) is 5.75 Å². The van der Waals surface area contributed by atoms with E-state index in [4.69, 9.17) is 9.47 Å². The van der Waals surface area contributed by atoms with Crippen LogP contribution >= 0.6 is 0 Å². The van der Waals surface area contributed by atoms with Gasteiger partial charge in [-0.1, -0.05) is 42.5 Å². The summed E-state index contributed by atoms with van der Waals surface area (Å²) in [7, 11) is 0. The Bertz CT molecular complexity index is 570. The zero-order valence-corrected chi connectivity index (χ0v) is 11.7. The minimum atomic E-state index is -0.359. The van der Waals surface area contributed by atoms with Gasteiger partial charge in [0, 0.05) is 13.1 Å². The van der Waals surface area contributed by atoms with Gasteiger partial charge in [0.2, 0.25) is 0 Å². The SMILES string of the molecule is Fc1ccccc1O[C@@H](c1ccccc1)[C@H]1CNCCO1.